The molecule has 6 heteroatoms. The Bertz CT molecular complexity index is 907. The zero-order valence-corrected chi connectivity index (χ0v) is 17.8. The number of carbonyl (C=O) groups excluding carboxylic acids is 1. The second kappa shape index (κ2) is 8.52. The molecular weight excluding hydrogens is 376 g/mol. The fourth-order valence-electron chi connectivity index (χ4n) is 5.16. The van der Waals surface area contributed by atoms with Gasteiger partial charge in [-0.25, -0.2) is 0 Å². The van der Waals surface area contributed by atoms with Crippen molar-refractivity contribution in [2.24, 2.45) is 11.8 Å². The third-order valence-corrected chi connectivity index (χ3v) is 6.90. The second-order valence-corrected chi connectivity index (χ2v) is 9.19. The molecule has 3 heterocycles. The lowest BCUT2D eigenvalue weighted by atomic mass is 9.89. The van der Waals surface area contributed by atoms with Gasteiger partial charge in [-0.1, -0.05) is 6.07 Å². The number of amides is 1. The standard InChI is InChI=1S/C24H32N4O2/c1-17-4-7-22(21-3-2-8-25-24(17)21)28-14-19(18-5-6-18)13-20(15-28)26-23(29)16-27-9-11-30-12-10-27/h2-4,7-8,18-20H,5-6,9-16H2,1H3,(H,26,29). The van der Waals surface area contributed by atoms with Crippen LogP contribution in [0.15, 0.2) is 30.5 Å². The van der Waals surface area contributed by atoms with Gasteiger partial charge >= 0.3 is 0 Å². The van der Waals surface area contributed by atoms with Crippen molar-refractivity contribution in [2.75, 3.05) is 50.8 Å². The minimum absolute atomic E-state index is 0.147. The van der Waals surface area contributed by atoms with Crippen LogP contribution < -0.4 is 10.2 Å². The molecule has 1 aromatic heterocycles. The summed E-state index contributed by atoms with van der Waals surface area (Å²) in [6.07, 6.45) is 5.64. The molecule has 1 aliphatic carbocycles. The van der Waals surface area contributed by atoms with Crippen LogP contribution in [-0.4, -0.2) is 67.8 Å². The molecule has 2 saturated heterocycles. The minimum atomic E-state index is 0.147. The molecule has 3 aliphatic rings. The number of nitrogens with one attached hydrogen (secondary N) is 1. The van der Waals surface area contributed by atoms with Crippen molar-refractivity contribution in [1.29, 1.82) is 0 Å². The van der Waals surface area contributed by atoms with E-state index in [0.717, 1.165) is 57.2 Å². The number of rotatable bonds is 5. The van der Waals surface area contributed by atoms with Crippen LogP contribution in [0.3, 0.4) is 0 Å². The summed E-state index contributed by atoms with van der Waals surface area (Å²) in [6.45, 7) is 7.68. The zero-order valence-electron chi connectivity index (χ0n) is 17.8. The minimum Gasteiger partial charge on any atom is -0.379 e. The van der Waals surface area contributed by atoms with Crippen molar-refractivity contribution in [3.8, 4) is 0 Å². The average Bonchev–Trinajstić information content (AvgIpc) is 3.60. The van der Waals surface area contributed by atoms with Crippen molar-refractivity contribution < 1.29 is 9.53 Å². The van der Waals surface area contributed by atoms with Crippen molar-refractivity contribution in [3.05, 3.63) is 36.0 Å². The van der Waals surface area contributed by atoms with E-state index in [1.807, 2.05) is 12.3 Å². The van der Waals surface area contributed by atoms with Crippen molar-refractivity contribution in [3.63, 3.8) is 0 Å². The number of aromatic nitrogens is 1. The van der Waals surface area contributed by atoms with E-state index in [9.17, 15) is 4.79 Å². The summed E-state index contributed by atoms with van der Waals surface area (Å²) in [5, 5.41) is 4.57. The smallest absolute Gasteiger partial charge is 0.234 e. The Morgan fingerprint density at radius 2 is 2.00 bits per heavy atom. The summed E-state index contributed by atoms with van der Waals surface area (Å²) in [5.41, 5.74) is 3.54. The van der Waals surface area contributed by atoms with Crippen LogP contribution in [0, 0.1) is 18.8 Å². The van der Waals surface area contributed by atoms with E-state index in [2.05, 4.69) is 45.2 Å². The highest BCUT2D eigenvalue weighted by Gasteiger charge is 2.38. The van der Waals surface area contributed by atoms with E-state index in [-0.39, 0.29) is 11.9 Å². The Morgan fingerprint density at radius 1 is 1.17 bits per heavy atom. The molecule has 1 saturated carbocycles. The highest BCUT2D eigenvalue weighted by molar-refractivity contribution is 5.93. The Hall–Kier alpha value is -2.18. The highest BCUT2D eigenvalue weighted by Crippen LogP contribution is 2.42. The average molecular weight is 409 g/mol. The Kier molecular flexibility index (Phi) is 5.61. The van der Waals surface area contributed by atoms with Gasteiger partial charge < -0.3 is 15.0 Å². The van der Waals surface area contributed by atoms with Crippen LogP contribution in [0.4, 0.5) is 5.69 Å². The van der Waals surface area contributed by atoms with Gasteiger partial charge in [-0.05, 0) is 61.8 Å². The van der Waals surface area contributed by atoms with Crippen LogP contribution in [0.1, 0.15) is 24.8 Å². The third kappa shape index (κ3) is 4.30. The first kappa shape index (κ1) is 19.8. The lowest BCUT2D eigenvalue weighted by Crippen LogP contribution is -2.53. The molecule has 0 spiro atoms. The van der Waals surface area contributed by atoms with Gasteiger partial charge in [0, 0.05) is 49.5 Å². The van der Waals surface area contributed by atoms with Crippen LogP contribution in [-0.2, 0) is 9.53 Å². The van der Waals surface area contributed by atoms with Crippen molar-refractivity contribution in [1.82, 2.24) is 15.2 Å². The van der Waals surface area contributed by atoms with Gasteiger partial charge in [-0.3, -0.25) is 14.7 Å². The summed E-state index contributed by atoms with van der Waals surface area (Å²) in [4.78, 5) is 22.1. The van der Waals surface area contributed by atoms with Gasteiger partial charge in [0.15, 0.2) is 0 Å². The molecule has 160 valence electrons. The van der Waals surface area contributed by atoms with E-state index in [0.29, 0.717) is 12.5 Å². The number of aryl methyl sites for hydroxylation is 1. The van der Waals surface area contributed by atoms with Crippen LogP contribution in [0.5, 0.6) is 0 Å². The van der Waals surface area contributed by atoms with Crippen molar-refractivity contribution >= 4 is 22.5 Å². The van der Waals surface area contributed by atoms with Gasteiger partial charge in [-0.15, -0.1) is 0 Å². The highest BCUT2D eigenvalue weighted by atomic mass is 16.5. The molecule has 5 rings (SSSR count). The predicted octanol–water partition coefficient (Wildman–Crippen LogP) is 2.60. The van der Waals surface area contributed by atoms with Crippen LogP contribution in [0.2, 0.25) is 0 Å². The summed E-state index contributed by atoms with van der Waals surface area (Å²) < 4.78 is 5.40. The number of ether oxygens (including phenoxy) is 1. The fraction of sp³-hybridized carbons (Fsp3) is 0.583. The molecule has 2 aliphatic heterocycles. The van der Waals surface area contributed by atoms with Gasteiger partial charge in [0.1, 0.15) is 0 Å². The predicted molar refractivity (Wildman–Crippen MR) is 119 cm³/mol. The van der Waals surface area contributed by atoms with Crippen molar-refractivity contribution in [2.45, 2.75) is 32.2 Å². The lowest BCUT2D eigenvalue weighted by molar-refractivity contribution is -0.124. The Morgan fingerprint density at radius 3 is 2.80 bits per heavy atom. The number of piperidine rings is 1. The van der Waals surface area contributed by atoms with E-state index in [1.54, 1.807) is 0 Å². The molecule has 3 fully saturated rings. The number of fused-ring (bicyclic) bond motifs is 1. The molecule has 0 radical (unpaired) electrons. The first-order chi connectivity index (χ1) is 14.7. The quantitative estimate of drug-likeness (QED) is 0.824. The van der Waals surface area contributed by atoms with E-state index in [1.165, 1.54) is 29.5 Å². The zero-order chi connectivity index (χ0) is 20.5. The summed E-state index contributed by atoms with van der Waals surface area (Å²) in [5.74, 6) is 1.62. The monoisotopic (exact) mass is 408 g/mol. The van der Waals surface area contributed by atoms with E-state index < -0.39 is 0 Å². The van der Waals surface area contributed by atoms with Gasteiger partial charge in [0.25, 0.3) is 0 Å². The number of hydrogen-bond donors (Lipinski definition) is 1. The van der Waals surface area contributed by atoms with Gasteiger partial charge in [0.05, 0.1) is 25.3 Å². The summed E-state index contributed by atoms with van der Waals surface area (Å²) in [6, 6.07) is 8.82. The number of carbonyl (C=O) groups is 1. The molecule has 2 unspecified atom stereocenters. The summed E-state index contributed by atoms with van der Waals surface area (Å²) in [7, 11) is 0. The largest absolute Gasteiger partial charge is 0.379 e. The fourth-order valence-corrected chi connectivity index (χ4v) is 5.16. The van der Waals surface area contributed by atoms with Crippen LogP contribution >= 0.6 is 0 Å². The van der Waals surface area contributed by atoms with Gasteiger partial charge in [-0.2, -0.15) is 0 Å². The van der Waals surface area contributed by atoms with E-state index >= 15 is 0 Å². The van der Waals surface area contributed by atoms with Crippen LogP contribution in [0.25, 0.3) is 10.9 Å². The molecule has 2 aromatic rings. The number of hydrogen-bond acceptors (Lipinski definition) is 5. The molecule has 0 bridgehead atoms. The Labute approximate surface area is 178 Å². The number of nitrogens with zero attached hydrogens (tertiary/aromatic N) is 3. The Balaban J connectivity index is 1.33. The van der Waals surface area contributed by atoms with E-state index in [4.69, 9.17) is 4.74 Å². The SMILES string of the molecule is Cc1ccc(N2CC(NC(=O)CN3CCOCC3)CC(C3CC3)C2)c2cccnc12. The first-order valence-corrected chi connectivity index (χ1v) is 11.4. The molecular formula is C24H32N4O2. The lowest BCUT2D eigenvalue weighted by Gasteiger charge is -2.40. The molecule has 6 nitrogen and oxygen atoms in total. The maximum atomic E-state index is 12.7. The number of anilines is 1. The first-order valence-electron chi connectivity index (χ1n) is 11.4. The third-order valence-electron chi connectivity index (χ3n) is 6.90. The topological polar surface area (TPSA) is 57.7 Å². The number of morpholine rings is 1. The maximum Gasteiger partial charge on any atom is 0.234 e. The second-order valence-electron chi connectivity index (χ2n) is 9.19. The molecule has 2 atom stereocenters. The molecule has 1 amide bonds. The summed E-state index contributed by atoms with van der Waals surface area (Å²) >= 11 is 0. The molecule has 30 heavy (non-hydrogen) atoms. The number of benzene rings is 1. The molecule has 1 N–H and O–H groups in total. The number of pyridine rings is 1. The van der Waals surface area contributed by atoms with Gasteiger partial charge in [0.2, 0.25) is 5.91 Å². The maximum absolute atomic E-state index is 12.7. The molecule has 1 aromatic carbocycles. The normalized spacial score (nSPS) is 25.4.